The largest absolute Gasteiger partial charge is 0.384 e. The molecule has 2 rings (SSSR count). The van der Waals surface area contributed by atoms with E-state index in [2.05, 4.69) is 23.7 Å². The smallest absolute Gasteiger partial charge is 0.273 e. The van der Waals surface area contributed by atoms with Gasteiger partial charge in [0.25, 0.3) is 5.91 Å². The number of hydrogen-bond acceptors (Lipinski definition) is 3. The number of aliphatic hydroxyl groups is 1. The van der Waals surface area contributed by atoms with Crippen LogP contribution in [0.1, 0.15) is 29.4 Å². The van der Waals surface area contributed by atoms with Crippen LogP contribution in [0.3, 0.4) is 0 Å². The number of carbonyl (C=O) groups is 1. The van der Waals surface area contributed by atoms with Gasteiger partial charge in [-0.15, -0.1) is 0 Å². The van der Waals surface area contributed by atoms with Gasteiger partial charge in [0.15, 0.2) is 0 Å². The first-order valence-electron chi connectivity index (χ1n) is 6.06. The number of pyridine rings is 1. The zero-order valence-electron chi connectivity index (χ0n) is 10.4. The molecule has 18 heavy (non-hydrogen) atoms. The SMILES string of the molecule is CC1CCN(C(=O)c2ncccc2C#CCO)C1. The zero-order valence-corrected chi connectivity index (χ0v) is 10.4. The topological polar surface area (TPSA) is 53.4 Å². The predicted octanol–water partition coefficient (Wildman–Crippen LogP) is 0.907. The highest BCUT2D eigenvalue weighted by molar-refractivity contribution is 5.94. The van der Waals surface area contributed by atoms with Crippen molar-refractivity contribution >= 4 is 5.91 Å². The van der Waals surface area contributed by atoms with Crippen LogP contribution >= 0.6 is 0 Å². The highest BCUT2D eigenvalue weighted by atomic mass is 16.2. The Kier molecular flexibility index (Phi) is 3.96. The molecule has 2 heterocycles. The van der Waals surface area contributed by atoms with E-state index in [0.29, 0.717) is 17.2 Å². The molecule has 1 unspecified atom stereocenters. The first kappa shape index (κ1) is 12.6. The third kappa shape index (κ3) is 2.69. The van der Waals surface area contributed by atoms with Gasteiger partial charge in [0.2, 0.25) is 0 Å². The van der Waals surface area contributed by atoms with E-state index >= 15 is 0 Å². The van der Waals surface area contributed by atoms with Gasteiger partial charge in [0.1, 0.15) is 12.3 Å². The number of likely N-dealkylation sites (tertiary alicyclic amines) is 1. The lowest BCUT2D eigenvalue weighted by molar-refractivity contribution is 0.0782. The summed E-state index contributed by atoms with van der Waals surface area (Å²) in [6, 6.07) is 3.49. The molecule has 4 nitrogen and oxygen atoms in total. The summed E-state index contributed by atoms with van der Waals surface area (Å²) >= 11 is 0. The first-order valence-corrected chi connectivity index (χ1v) is 6.06. The Morgan fingerprint density at radius 3 is 3.17 bits per heavy atom. The van der Waals surface area contributed by atoms with Crippen molar-refractivity contribution in [3.8, 4) is 11.8 Å². The molecular formula is C14H16N2O2. The highest BCUT2D eigenvalue weighted by Gasteiger charge is 2.26. The van der Waals surface area contributed by atoms with Crippen LogP contribution in [-0.4, -0.2) is 40.6 Å². The zero-order chi connectivity index (χ0) is 13.0. The van der Waals surface area contributed by atoms with Crippen molar-refractivity contribution in [3.05, 3.63) is 29.6 Å². The fraction of sp³-hybridized carbons (Fsp3) is 0.429. The number of nitrogens with zero attached hydrogens (tertiary/aromatic N) is 2. The summed E-state index contributed by atoms with van der Waals surface area (Å²) in [5, 5.41) is 8.71. The van der Waals surface area contributed by atoms with Crippen molar-refractivity contribution < 1.29 is 9.90 Å². The van der Waals surface area contributed by atoms with Gasteiger partial charge in [-0.2, -0.15) is 0 Å². The number of carbonyl (C=O) groups excluding carboxylic acids is 1. The van der Waals surface area contributed by atoms with Crippen LogP contribution in [0.4, 0.5) is 0 Å². The normalized spacial score (nSPS) is 18.3. The highest BCUT2D eigenvalue weighted by Crippen LogP contribution is 2.18. The molecule has 1 fully saturated rings. The van der Waals surface area contributed by atoms with Crippen molar-refractivity contribution in [3.63, 3.8) is 0 Å². The van der Waals surface area contributed by atoms with Crippen LogP contribution in [0, 0.1) is 17.8 Å². The number of aliphatic hydroxyl groups excluding tert-OH is 1. The lowest BCUT2D eigenvalue weighted by Crippen LogP contribution is -2.29. The maximum Gasteiger partial charge on any atom is 0.273 e. The fourth-order valence-corrected chi connectivity index (χ4v) is 2.08. The summed E-state index contributed by atoms with van der Waals surface area (Å²) in [6.45, 7) is 3.48. The molecule has 0 radical (unpaired) electrons. The molecule has 0 spiro atoms. The number of aromatic nitrogens is 1. The van der Waals surface area contributed by atoms with Crippen LogP contribution < -0.4 is 0 Å². The quantitative estimate of drug-likeness (QED) is 0.747. The Morgan fingerprint density at radius 2 is 2.50 bits per heavy atom. The van der Waals surface area contributed by atoms with E-state index < -0.39 is 0 Å². The first-order chi connectivity index (χ1) is 8.72. The van der Waals surface area contributed by atoms with E-state index in [9.17, 15) is 4.79 Å². The second-order valence-electron chi connectivity index (χ2n) is 4.50. The Bertz CT molecular complexity index is 502. The summed E-state index contributed by atoms with van der Waals surface area (Å²) in [6.07, 6.45) is 2.63. The fourth-order valence-electron chi connectivity index (χ4n) is 2.08. The minimum atomic E-state index is -0.219. The number of rotatable bonds is 1. The second kappa shape index (κ2) is 5.65. The maximum absolute atomic E-state index is 12.3. The molecule has 1 N–H and O–H groups in total. The molecule has 0 aliphatic carbocycles. The molecule has 1 saturated heterocycles. The van der Waals surface area contributed by atoms with E-state index in [-0.39, 0.29) is 12.5 Å². The predicted molar refractivity (Wildman–Crippen MR) is 67.9 cm³/mol. The maximum atomic E-state index is 12.3. The van der Waals surface area contributed by atoms with E-state index in [4.69, 9.17) is 5.11 Å². The standard InChI is InChI=1S/C14H16N2O2/c1-11-6-8-16(10-11)14(18)13-12(5-3-9-17)4-2-7-15-13/h2,4,7,11,17H,6,8-10H2,1H3. The van der Waals surface area contributed by atoms with E-state index in [1.165, 1.54) is 0 Å². The van der Waals surface area contributed by atoms with Crippen LogP contribution in [0.5, 0.6) is 0 Å². The molecule has 1 aliphatic heterocycles. The molecular weight excluding hydrogens is 228 g/mol. The Balaban J connectivity index is 2.24. The van der Waals surface area contributed by atoms with Gasteiger partial charge < -0.3 is 10.0 Å². The third-order valence-electron chi connectivity index (χ3n) is 3.02. The van der Waals surface area contributed by atoms with Crippen molar-refractivity contribution in [2.75, 3.05) is 19.7 Å². The lowest BCUT2D eigenvalue weighted by Gasteiger charge is -2.15. The molecule has 1 aromatic rings. The molecule has 0 aromatic carbocycles. The van der Waals surface area contributed by atoms with E-state index in [0.717, 1.165) is 19.5 Å². The van der Waals surface area contributed by atoms with E-state index in [1.54, 1.807) is 18.3 Å². The number of amides is 1. The molecule has 1 atom stereocenters. The van der Waals surface area contributed by atoms with Crippen molar-refractivity contribution in [1.82, 2.24) is 9.88 Å². The average Bonchev–Trinajstić information content (AvgIpc) is 2.82. The summed E-state index contributed by atoms with van der Waals surface area (Å²) < 4.78 is 0. The van der Waals surface area contributed by atoms with Crippen LogP contribution in [0.2, 0.25) is 0 Å². The molecule has 4 heteroatoms. The molecule has 1 amide bonds. The van der Waals surface area contributed by atoms with Gasteiger partial charge in [-0.05, 0) is 24.5 Å². The van der Waals surface area contributed by atoms with Crippen LogP contribution in [0.25, 0.3) is 0 Å². The molecule has 0 saturated carbocycles. The molecule has 1 aliphatic rings. The van der Waals surface area contributed by atoms with Crippen LogP contribution in [0.15, 0.2) is 18.3 Å². The summed E-state index contributed by atoms with van der Waals surface area (Å²) in [5.74, 6) is 5.80. The van der Waals surface area contributed by atoms with E-state index in [1.807, 2.05) is 4.90 Å². The average molecular weight is 244 g/mol. The number of hydrogen-bond donors (Lipinski definition) is 1. The minimum Gasteiger partial charge on any atom is -0.384 e. The van der Waals surface area contributed by atoms with Crippen LogP contribution in [-0.2, 0) is 0 Å². The van der Waals surface area contributed by atoms with Gasteiger partial charge in [-0.3, -0.25) is 4.79 Å². The van der Waals surface area contributed by atoms with Gasteiger partial charge in [-0.1, -0.05) is 18.8 Å². The molecule has 94 valence electrons. The van der Waals surface area contributed by atoms with Gasteiger partial charge in [0.05, 0.1) is 5.56 Å². The summed E-state index contributed by atoms with van der Waals surface area (Å²) in [5.41, 5.74) is 0.962. The van der Waals surface area contributed by atoms with Crippen molar-refractivity contribution in [2.45, 2.75) is 13.3 Å². The van der Waals surface area contributed by atoms with Crippen molar-refractivity contribution in [1.29, 1.82) is 0 Å². The summed E-state index contributed by atoms with van der Waals surface area (Å²) in [4.78, 5) is 18.3. The van der Waals surface area contributed by atoms with Gasteiger partial charge >= 0.3 is 0 Å². The Morgan fingerprint density at radius 1 is 1.67 bits per heavy atom. The lowest BCUT2D eigenvalue weighted by atomic mass is 10.1. The summed E-state index contributed by atoms with van der Waals surface area (Å²) in [7, 11) is 0. The molecule has 0 bridgehead atoms. The monoisotopic (exact) mass is 244 g/mol. The third-order valence-corrected chi connectivity index (χ3v) is 3.02. The Labute approximate surface area is 107 Å². The van der Waals surface area contributed by atoms with Gasteiger partial charge in [-0.25, -0.2) is 4.98 Å². The second-order valence-corrected chi connectivity index (χ2v) is 4.50. The van der Waals surface area contributed by atoms with Crippen molar-refractivity contribution in [2.24, 2.45) is 5.92 Å². The van der Waals surface area contributed by atoms with Gasteiger partial charge in [0, 0.05) is 19.3 Å². The Hall–Kier alpha value is -1.86. The molecule has 1 aromatic heterocycles. The minimum absolute atomic E-state index is 0.0674.